The molecule has 6 nitrogen and oxygen atoms in total. The number of guanidine groups is 1. The summed E-state index contributed by atoms with van der Waals surface area (Å²) in [4.78, 5) is 4.82. The van der Waals surface area contributed by atoms with Crippen LogP contribution in [0.3, 0.4) is 0 Å². The molecule has 1 aromatic carbocycles. The molecule has 0 saturated heterocycles. The summed E-state index contributed by atoms with van der Waals surface area (Å²) in [6.07, 6.45) is 5.71. The summed E-state index contributed by atoms with van der Waals surface area (Å²) >= 11 is 0. The second-order valence-electron chi connectivity index (χ2n) is 7.70. The van der Waals surface area contributed by atoms with Gasteiger partial charge < -0.3 is 10.6 Å². The number of nitrogens with zero attached hydrogens (tertiary/aromatic N) is 1. The van der Waals surface area contributed by atoms with Gasteiger partial charge in [0.1, 0.15) is 0 Å². The second-order valence-corrected chi connectivity index (χ2v) is 9.26. The monoisotopic (exact) mass is 522 g/mol. The summed E-state index contributed by atoms with van der Waals surface area (Å²) in [6.45, 7) is 8.18. The van der Waals surface area contributed by atoms with E-state index in [0.29, 0.717) is 12.6 Å². The van der Waals surface area contributed by atoms with Crippen LogP contribution in [-0.2, 0) is 16.4 Å². The van der Waals surface area contributed by atoms with Crippen molar-refractivity contribution in [3.05, 3.63) is 29.8 Å². The Morgan fingerprint density at radius 3 is 2.29 bits per heavy atom. The number of aliphatic imine (C=N–C) groups is 1. The third kappa shape index (κ3) is 8.24. The van der Waals surface area contributed by atoms with Gasteiger partial charge in [0, 0.05) is 19.1 Å². The van der Waals surface area contributed by atoms with Crippen LogP contribution in [0.15, 0.2) is 34.2 Å². The highest BCUT2D eigenvalue weighted by molar-refractivity contribution is 14.0. The predicted molar refractivity (Wildman–Crippen MR) is 127 cm³/mol. The molecule has 0 heterocycles. The molecular weight excluding hydrogens is 487 g/mol. The van der Waals surface area contributed by atoms with Gasteiger partial charge in [0.2, 0.25) is 10.0 Å². The molecule has 0 amide bonds. The molecule has 0 atom stereocenters. The molecule has 1 aliphatic rings. The zero-order valence-electron chi connectivity index (χ0n) is 17.1. The number of nitrogens with two attached hydrogens (primary N) is 1. The largest absolute Gasteiger partial charge is 0.357 e. The molecule has 2 rings (SSSR count). The number of sulfonamides is 1. The van der Waals surface area contributed by atoms with Crippen LogP contribution in [0.5, 0.6) is 0 Å². The summed E-state index contributed by atoms with van der Waals surface area (Å²) in [6, 6.07) is 7.17. The van der Waals surface area contributed by atoms with E-state index in [1.54, 1.807) is 24.3 Å². The van der Waals surface area contributed by atoms with Gasteiger partial charge in [0.15, 0.2) is 5.96 Å². The van der Waals surface area contributed by atoms with Gasteiger partial charge in [0.25, 0.3) is 0 Å². The quantitative estimate of drug-likeness (QED) is 0.291. The molecule has 1 fully saturated rings. The van der Waals surface area contributed by atoms with E-state index >= 15 is 0 Å². The van der Waals surface area contributed by atoms with Gasteiger partial charge in [-0.15, -0.1) is 24.0 Å². The first-order valence-electron chi connectivity index (χ1n) is 9.96. The van der Waals surface area contributed by atoms with Crippen LogP contribution in [0, 0.1) is 11.8 Å². The van der Waals surface area contributed by atoms with Gasteiger partial charge in [-0.25, -0.2) is 13.6 Å². The van der Waals surface area contributed by atoms with Gasteiger partial charge in [-0.1, -0.05) is 26.0 Å². The highest BCUT2D eigenvalue weighted by Gasteiger charge is 2.23. The average Bonchev–Trinajstić information content (AvgIpc) is 2.62. The third-order valence-corrected chi connectivity index (χ3v) is 6.25. The van der Waals surface area contributed by atoms with Crippen LogP contribution < -0.4 is 15.8 Å². The maximum Gasteiger partial charge on any atom is 0.238 e. The SMILES string of the molecule is CCNC(=NCCc1ccc(S(N)(=O)=O)cc1)NC1CCC(C(C)C)CC1.I. The number of hydrogen-bond acceptors (Lipinski definition) is 3. The fraction of sp³-hybridized carbons (Fsp3) is 0.650. The third-order valence-electron chi connectivity index (χ3n) is 5.32. The number of halogens is 1. The predicted octanol–water partition coefficient (Wildman–Crippen LogP) is 3.26. The number of hydrogen-bond donors (Lipinski definition) is 3. The Bertz CT molecular complexity index is 712. The van der Waals surface area contributed by atoms with E-state index in [-0.39, 0.29) is 28.9 Å². The van der Waals surface area contributed by atoms with Crippen molar-refractivity contribution in [2.75, 3.05) is 13.1 Å². The molecule has 160 valence electrons. The lowest BCUT2D eigenvalue weighted by atomic mass is 9.80. The number of primary sulfonamides is 1. The highest BCUT2D eigenvalue weighted by atomic mass is 127. The number of rotatable bonds is 7. The molecule has 0 bridgehead atoms. The maximum absolute atomic E-state index is 11.3. The standard InChI is InChI=1S/C20H34N4O2S.HI/c1-4-22-20(24-18-9-7-17(8-10-18)15(2)3)23-14-13-16-5-11-19(12-6-16)27(21,25)26;/h5-6,11-12,15,17-18H,4,7-10,13-14H2,1-3H3,(H2,21,25,26)(H2,22,23,24);1H. The van der Waals surface area contributed by atoms with Crippen molar-refractivity contribution in [3.8, 4) is 0 Å². The Morgan fingerprint density at radius 1 is 1.18 bits per heavy atom. The van der Waals surface area contributed by atoms with Crippen molar-refractivity contribution in [2.24, 2.45) is 22.0 Å². The van der Waals surface area contributed by atoms with E-state index in [0.717, 1.165) is 36.3 Å². The molecule has 0 spiro atoms. The van der Waals surface area contributed by atoms with E-state index < -0.39 is 10.0 Å². The van der Waals surface area contributed by atoms with Gasteiger partial charge in [-0.2, -0.15) is 0 Å². The van der Waals surface area contributed by atoms with Crippen LogP contribution in [0.4, 0.5) is 0 Å². The van der Waals surface area contributed by atoms with Gasteiger partial charge in [-0.05, 0) is 68.6 Å². The average molecular weight is 522 g/mol. The molecule has 0 radical (unpaired) electrons. The van der Waals surface area contributed by atoms with Gasteiger partial charge in [-0.3, -0.25) is 4.99 Å². The van der Waals surface area contributed by atoms with Gasteiger partial charge >= 0.3 is 0 Å². The fourth-order valence-electron chi connectivity index (χ4n) is 3.59. The van der Waals surface area contributed by atoms with E-state index in [1.165, 1.54) is 25.7 Å². The topological polar surface area (TPSA) is 96.6 Å². The van der Waals surface area contributed by atoms with Crippen LogP contribution in [0.1, 0.15) is 52.0 Å². The number of benzene rings is 1. The fourth-order valence-corrected chi connectivity index (χ4v) is 4.10. The van der Waals surface area contributed by atoms with Crippen molar-refractivity contribution in [1.29, 1.82) is 0 Å². The van der Waals surface area contributed by atoms with E-state index in [9.17, 15) is 8.42 Å². The molecule has 4 N–H and O–H groups in total. The lowest BCUT2D eigenvalue weighted by Gasteiger charge is -2.32. The van der Waals surface area contributed by atoms with E-state index in [4.69, 9.17) is 5.14 Å². The molecule has 1 aromatic rings. The smallest absolute Gasteiger partial charge is 0.238 e. The number of nitrogens with one attached hydrogen (secondary N) is 2. The summed E-state index contributed by atoms with van der Waals surface area (Å²) < 4.78 is 22.6. The van der Waals surface area contributed by atoms with Crippen LogP contribution in [0.25, 0.3) is 0 Å². The Labute approximate surface area is 187 Å². The maximum atomic E-state index is 11.3. The zero-order chi connectivity index (χ0) is 19.9. The minimum Gasteiger partial charge on any atom is -0.357 e. The lowest BCUT2D eigenvalue weighted by molar-refractivity contribution is 0.250. The Morgan fingerprint density at radius 2 is 1.79 bits per heavy atom. The molecule has 28 heavy (non-hydrogen) atoms. The molecule has 1 saturated carbocycles. The van der Waals surface area contributed by atoms with Crippen LogP contribution >= 0.6 is 24.0 Å². The zero-order valence-corrected chi connectivity index (χ0v) is 20.3. The highest BCUT2D eigenvalue weighted by Crippen LogP contribution is 2.29. The molecule has 1 aliphatic carbocycles. The molecular formula is C20H35IN4O2S. The molecule has 0 unspecified atom stereocenters. The minimum absolute atomic E-state index is 0. The molecule has 0 aliphatic heterocycles. The summed E-state index contributed by atoms with van der Waals surface area (Å²) in [7, 11) is -3.63. The van der Waals surface area contributed by atoms with Crippen molar-refractivity contribution < 1.29 is 8.42 Å². The van der Waals surface area contributed by atoms with Crippen molar-refractivity contribution in [3.63, 3.8) is 0 Å². The Kier molecular flexibility index (Phi) is 10.8. The van der Waals surface area contributed by atoms with Crippen molar-refractivity contribution >= 4 is 40.0 Å². The summed E-state index contributed by atoms with van der Waals surface area (Å²) in [5, 5.41) is 12.0. The Hall–Kier alpha value is -0.870. The Balaban J connectivity index is 0.00000392. The first-order valence-corrected chi connectivity index (χ1v) is 11.5. The van der Waals surface area contributed by atoms with Gasteiger partial charge in [0.05, 0.1) is 4.90 Å². The second kappa shape index (κ2) is 12.0. The lowest BCUT2D eigenvalue weighted by Crippen LogP contribution is -2.45. The first kappa shape index (κ1) is 25.2. The van der Waals surface area contributed by atoms with Crippen LogP contribution in [-0.4, -0.2) is 33.5 Å². The van der Waals surface area contributed by atoms with Crippen LogP contribution in [0.2, 0.25) is 0 Å². The summed E-state index contributed by atoms with van der Waals surface area (Å²) in [5.74, 6) is 2.49. The molecule has 8 heteroatoms. The van der Waals surface area contributed by atoms with E-state index in [2.05, 4.69) is 36.4 Å². The summed E-state index contributed by atoms with van der Waals surface area (Å²) in [5.41, 5.74) is 1.04. The minimum atomic E-state index is -3.63. The first-order chi connectivity index (χ1) is 12.8. The normalized spacial score (nSPS) is 20.5. The molecule has 0 aromatic heterocycles. The van der Waals surface area contributed by atoms with Crippen molar-refractivity contribution in [2.45, 2.75) is 63.8 Å². The van der Waals surface area contributed by atoms with Crippen molar-refractivity contribution in [1.82, 2.24) is 10.6 Å². The van der Waals surface area contributed by atoms with E-state index in [1.807, 2.05) is 0 Å².